The summed E-state index contributed by atoms with van der Waals surface area (Å²) in [5.74, 6) is -1.63. The summed E-state index contributed by atoms with van der Waals surface area (Å²) in [7, 11) is -0.728. The Bertz CT molecular complexity index is 1110. The molecule has 2 aliphatic carbocycles. The SMILES string of the molecule is C[C@H]1CCCCC/C=C\[C@@H]2C[C@@]2(C(=O)NS(=O)(=O)C2(C)CC2)CC(=O)[C@@H]2C[C@@H](OC(=O)N(C)C)CN2C1=O. The second-order valence-corrected chi connectivity index (χ2v) is 14.3. The van der Waals surface area contributed by atoms with Crippen LogP contribution in [0, 0.1) is 17.3 Å². The molecule has 1 N–H and O–H groups in total. The Morgan fingerprint density at radius 1 is 1.16 bits per heavy atom. The van der Waals surface area contributed by atoms with Crippen LogP contribution in [0.4, 0.5) is 4.79 Å². The van der Waals surface area contributed by atoms with E-state index < -0.39 is 44.3 Å². The van der Waals surface area contributed by atoms with Crippen molar-refractivity contribution in [1.29, 1.82) is 0 Å². The number of hydrogen-bond donors (Lipinski definition) is 1. The van der Waals surface area contributed by atoms with Gasteiger partial charge in [0.1, 0.15) is 6.10 Å². The normalized spacial score (nSPS) is 34.2. The van der Waals surface area contributed by atoms with Crippen molar-refractivity contribution in [3.8, 4) is 0 Å². The van der Waals surface area contributed by atoms with Crippen LogP contribution in [-0.2, 0) is 29.1 Å². The van der Waals surface area contributed by atoms with Gasteiger partial charge >= 0.3 is 6.09 Å². The van der Waals surface area contributed by atoms with Crippen molar-refractivity contribution >= 4 is 33.7 Å². The molecule has 5 atom stereocenters. The highest BCUT2D eigenvalue weighted by Crippen LogP contribution is 2.57. The number of ether oxygens (including phenoxy) is 1. The summed E-state index contributed by atoms with van der Waals surface area (Å²) in [5, 5.41) is 0. The van der Waals surface area contributed by atoms with Gasteiger partial charge in [-0.1, -0.05) is 31.9 Å². The molecule has 3 fully saturated rings. The minimum atomic E-state index is -3.86. The van der Waals surface area contributed by atoms with Crippen molar-refractivity contribution < 1.29 is 32.3 Å². The minimum Gasteiger partial charge on any atom is -0.444 e. The average molecular weight is 552 g/mol. The van der Waals surface area contributed by atoms with E-state index in [-0.39, 0.29) is 42.9 Å². The second kappa shape index (κ2) is 10.6. The lowest BCUT2D eigenvalue weighted by atomic mass is 9.91. The van der Waals surface area contributed by atoms with Gasteiger partial charge in [-0.05, 0) is 51.4 Å². The van der Waals surface area contributed by atoms with E-state index in [0.29, 0.717) is 25.7 Å². The van der Waals surface area contributed by atoms with Crippen LogP contribution in [-0.4, -0.2) is 79.4 Å². The van der Waals surface area contributed by atoms with Gasteiger partial charge in [0.2, 0.25) is 21.8 Å². The fourth-order valence-electron chi connectivity index (χ4n) is 5.59. The maximum atomic E-state index is 13.8. The first-order chi connectivity index (χ1) is 17.8. The molecule has 4 aliphatic rings. The molecular formula is C27H41N3O7S. The standard InChI is InChI=1S/C27H41N3O7S/c1-18-10-8-6-5-7-9-11-19-15-27(19,24(33)28-38(35,36)26(2)12-13-26)16-22(31)21-14-20(17-30(21)23(18)32)37-25(34)29(3)4/h9,11,18-21H,5-8,10,12-17H2,1-4H3,(H,28,33)/b11-9-/t18-,19+,20+,21-,27+/m0/s1. The van der Waals surface area contributed by atoms with Gasteiger partial charge in [-0.15, -0.1) is 0 Å². The van der Waals surface area contributed by atoms with Crippen LogP contribution in [0.25, 0.3) is 0 Å². The first-order valence-electron chi connectivity index (χ1n) is 13.7. The van der Waals surface area contributed by atoms with E-state index in [0.717, 1.165) is 25.7 Å². The second-order valence-electron chi connectivity index (χ2n) is 12.1. The zero-order valence-corrected chi connectivity index (χ0v) is 23.7. The molecule has 0 aromatic heterocycles. The van der Waals surface area contributed by atoms with Crippen LogP contribution in [0.2, 0.25) is 0 Å². The molecular weight excluding hydrogens is 510 g/mol. The molecule has 4 rings (SSSR count). The molecule has 0 spiro atoms. The van der Waals surface area contributed by atoms with Crippen LogP contribution in [0.15, 0.2) is 12.2 Å². The molecule has 0 bridgehead atoms. The molecule has 1 saturated heterocycles. The number of amides is 3. The summed E-state index contributed by atoms with van der Waals surface area (Å²) < 4.78 is 32.5. The molecule has 2 aliphatic heterocycles. The van der Waals surface area contributed by atoms with Gasteiger partial charge in [-0.3, -0.25) is 19.1 Å². The van der Waals surface area contributed by atoms with Crippen molar-refractivity contribution in [2.45, 2.75) is 94.9 Å². The lowest BCUT2D eigenvalue weighted by Crippen LogP contribution is -2.46. The zero-order valence-electron chi connectivity index (χ0n) is 22.9. The number of nitrogens with zero attached hydrogens (tertiary/aromatic N) is 2. The van der Waals surface area contributed by atoms with E-state index in [1.165, 1.54) is 9.80 Å². The van der Waals surface area contributed by atoms with Crippen molar-refractivity contribution in [2.75, 3.05) is 20.6 Å². The molecule has 10 nitrogen and oxygen atoms in total. The van der Waals surface area contributed by atoms with Gasteiger partial charge in [0.05, 0.1) is 22.7 Å². The third kappa shape index (κ3) is 5.77. The molecule has 0 radical (unpaired) electrons. The van der Waals surface area contributed by atoms with Crippen molar-refractivity contribution in [3.63, 3.8) is 0 Å². The van der Waals surface area contributed by atoms with Crippen LogP contribution < -0.4 is 4.72 Å². The summed E-state index contributed by atoms with van der Waals surface area (Å²) >= 11 is 0. The van der Waals surface area contributed by atoms with E-state index >= 15 is 0 Å². The first-order valence-corrected chi connectivity index (χ1v) is 15.2. The van der Waals surface area contributed by atoms with Crippen LogP contribution in [0.5, 0.6) is 0 Å². The Balaban J connectivity index is 1.59. The highest BCUT2D eigenvalue weighted by Gasteiger charge is 2.62. The van der Waals surface area contributed by atoms with Crippen molar-refractivity contribution in [2.24, 2.45) is 17.3 Å². The average Bonchev–Trinajstić information content (AvgIpc) is 3.72. The van der Waals surface area contributed by atoms with Crippen molar-refractivity contribution in [1.82, 2.24) is 14.5 Å². The summed E-state index contributed by atoms with van der Waals surface area (Å²) in [4.78, 5) is 55.7. The number of carbonyl (C=O) groups excluding carboxylic acids is 4. The predicted molar refractivity (Wildman–Crippen MR) is 140 cm³/mol. The molecule has 0 aromatic rings. The summed E-state index contributed by atoms with van der Waals surface area (Å²) in [6.45, 7) is 3.59. The van der Waals surface area contributed by atoms with Crippen LogP contribution >= 0.6 is 0 Å². The van der Waals surface area contributed by atoms with Crippen molar-refractivity contribution in [3.05, 3.63) is 12.2 Å². The highest BCUT2D eigenvalue weighted by atomic mass is 32.2. The first kappa shape index (κ1) is 28.6. The maximum absolute atomic E-state index is 13.8. The summed E-state index contributed by atoms with van der Waals surface area (Å²) in [6.07, 6.45) is 8.46. The van der Waals surface area contributed by atoms with Crippen LogP contribution in [0.1, 0.15) is 78.1 Å². The number of rotatable bonds is 4. The maximum Gasteiger partial charge on any atom is 0.409 e. The third-order valence-electron chi connectivity index (χ3n) is 8.75. The minimum absolute atomic E-state index is 0.119. The van der Waals surface area contributed by atoms with Gasteiger partial charge < -0.3 is 14.5 Å². The number of sulfonamides is 1. The topological polar surface area (TPSA) is 130 Å². The molecule has 0 unspecified atom stereocenters. The van der Waals surface area contributed by atoms with Gasteiger partial charge in [0.15, 0.2) is 5.78 Å². The van der Waals surface area contributed by atoms with Crippen LogP contribution in [0.3, 0.4) is 0 Å². The molecule has 0 aromatic carbocycles. The number of ketones is 1. The van der Waals surface area contributed by atoms with Gasteiger partial charge in [0.25, 0.3) is 0 Å². The van der Waals surface area contributed by atoms with E-state index in [1.807, 2.05) is 19.1 Å². The third-order valence-corrected chi connectivity index (χ3v) is 10.9. The van der Waals surface area contributed by atoms with Gasteiger partial charge in [-0.25, -0.2) is 13.2 Å². The Hall–Kier alpha value is -2.43. The zero-order chi connectivity index (χ0) is 27.9. The fourth-order valence-corrected chi connectivity index (χ4v) is 6.92. The Morgan fingerprint density at radius 3 is 2.53 bits per heavy atom. The molecule has 3 amide bonds. The Labute approximate surface area is 225 Å². The van der Waals surface area contributed by atoms with Gasteiger partial charge in [0, 0.05) is 32.9 Å². The smallest absolute Gasteiger partial charge is 0.409 e. The summed E-state index contributed by atoms with van der Waals surface area (Å²) in [5.41, 5.74) is -1.16. The van der Waals surface area contributed by atoms with E-state index in [1.54, 1.807) is 21.0 Å². The molecule has 2 saturated carbocycles. The molecule has 212 valence electrons. The number of carbonyl (C=O) groups is 4. The number of hydrogen-bond acceptors (Lipinski definition) is 7. The fraction of sp³-hybridized carbons (Fsp3) is 0.778. The highest BCUT2D eigenvalue weighted by molar-refractivity contribution is 7.91. The number of allylic oxidation sites excluding steroid dienone is 2. The number of Topliss-reactive ketones (excluding diaryl/α,β-unsaturated/α-hetero) is 1. The largest absolute Gasteiger partial charge is 0.444 e. The Morgan fingerprint density at radius 2 is 1.87 bits per heavy atom. The monoisotopic (exact) mass is 551 g/mol. The quantitative estimate of drug-likeness (QED) is 0.532. The lowest BCUT2D eigenvalue weighted by molar-refractivity contribution is -0.141. The molecule has 11 heteroatoms. The molecule has 2 heterocycles. The van der Waals surface area contributed by atoms with E-state index in [9.17, 15) is 27.6 Å². The van der Waals surface area contributed by atoms with E-state index in [2.05, 4.69) is 4.72 Å². The summed E-state index contributed by atoms with van der Waals surface area (Å²) in [6, 6.07) is -0.831. The number of nitrogens with one attached hydrogen (secondary N) is 1. The number of fused-ring (bicyclic) bond motifs is 2. The molecule has 38 heavy (non-hydrogen) atoms. The predicted octanol–water partition coefficient (Wildman–Crippen LogP) is 2.77. The lowest BCUT2D eigenvalue weighted by Gasteiger charge is -2.28. The van der Waals surface area contributed by atoms with E-state index in [4.69, 9.17) is 4.74 Å². The Kier molecular flexibility index (Phi) is 7.99. The van der Waals surface area contributed by atoms with Gasteiger partial charge in [-0.2, -0.15) is 0 Å².